The fraction of sp³-hybridized carbons (Fsp3) is 0.364. The van der Waals surface area contributed by atoms with Gasteiger partial charge in [0.25, 0.3) is 0 Å². The molecule has 1 aliphatic heterocycles. The molecule has 1 saturated heterocycles. The van der Waals surface area contributed by atoms with Crippen LogP contribution in [0.2, 0.25) is 0 Å². The molecule has 1 fully saturated rings. The van der Waals surface area contributed by atoms with Gasteiger partial charge in [-0.2, -0.15) is 0 Å². The van der Waals surface area contributed by atoms with Crippen molar-refractivity contribution in [3.8, 4) is 0 Å². The molecular weight excluding hydrogens is 178 g/mol. The largest absolute Gasteiger partial charge is 0.377 e. The predicted molar refractivity (Wildman–Crippen MR) is 58.9 cm³/mol. The number of hydrogen-bond donors (Lipinski definition) is 1. The first kappa shape index (κ1) is 8.70. The van der Waals surface area contributed by atoms with Crippen LogP contribution in [-0.4, -0.2) is 11.0 Å². The Labute approximate surface area is 84.2 Å². The smallest absolute Gasteiger partial charge is 0.0756 e. The minimum Gasteiger partial charge on any atom is -0.377 e. The molecule has 0 amide bonds. The van der Waals surface area contributed by atoms with Crippen LogP contribution in [0, 0.1) is 0 Å². The highest BCUT2D eigenvalue weighted by atomic mass is 32.1. The van der Waals surface area contributed by atoms with Gasteiger partial charge in [-0.05, 0) is 24.8 Å². The normalized spacial score (nSPS) is 21.5. The van der Waals surface area contributed by atoms with Crippen LogP contribution in [0.4, 0.5) is 0 Å². The van der Waals surface area contributed by atoms with Gasteiger partial charge in [0, 0.05) is 6.04 Å². The van der Waals surface area contributed by atoms with Gasteiger partial charge < -0.3 is 5.32 Å². The summed E-state index contributed by atoms with van der Waals surface area (Å²) in [5, 5.41) is 3.33. The average Bonchev–Trinajstić information content (AvgIpc) is 2.53. The van der Waals surface area contributed by atoms with Crippen LogP contribution in [0.3, 0.4) is 0 Å². The fourth-order valence-corrected chi connectivity index (χ4v) is 2.01. The number of nitrogens with one attached hydrogen (secondary N) is 1. The van der Waals surface area contributed by atoms with Gasteiger partial charge in [-0.15, -0.1) is 0 Å². The number of benzene rings is 1. The van der Waals surface area contributed by atoms with Gasteiger partial charge in [0.05, 0.1) is 4.99 Å². The Balaban J connectivity index is 1.96. The molecule has 1 atom stereocenters. The molecule has 1 unspecified atom stereocenters. The van der Waals surface area contributed by atoms with Gasteiger partial charge in [-0.1, -0.05) is 42.5 Å². The highest BCUT2D eigenvalue weighted by molar-refractivity contribution is 7.80. The minimum absolute atomic E-state index is 0.565. The number of rotatable bonds is 2. The van der Waals surface area contributed by atoms with Crippen LogP contribution in [0.1, 0.15) is 18.4 Å². The van der Waals surface area contributed by atoms with Gasteiger partial charge in [0.2, 0.25) is 0 Å². The first-order valence-electron chi connectivity index (χ1n) is 4.68. The number of thiocarbonyl (C=S) groups is 1. The summed E-state index contributed by atoms with van der Waals surface area (Å²) in [6.07, 6.45) is 3.35. The van der Waals surface area contributed by atoms with Crippen molar-refractivity contribution < 1.29 is 0 Å². The highest BCUT2D eigenvalue weighted by Gasteiger charge is 2.17. The molecule has 2 heteroatoms. The Morgan fingerprint density at radius 1 is 1.31 bits per heavy atom. The van der Waals surface area contributed by atoms with Crippen molar-refractivity contribution >= 4 is 17.2 Å². The quantitative estimate of drug-likeness (QED) is 0.720. The van der Waals surface area contributed by atoms with E-state index in [0.717, 1.165) is 17.8 Å². The van der Waals surface area contributed by atoms with E-state index in [1.54, 1.807) is 0 Å². The third kappa shape index (κ3) is 2.28. The SMILES string of the molecule is S=C1CCC(Cc2ccccc2)N1. The molecule has 1 heterocycles. The van der Waals surface area contributed by atoms with E-state index in [2.05, 4.69) is 35.6 Å². The van der Waals surface area contributed by atoms with Crippen molar-refractivity contribution in [3.63, 3.8) is 0 Å². The van der Waals surface area contributed by atoms with E-state index >= 15 is 0 Å². The van der Waals surface area contributed by atoms with Crippen molar-refractivity contribution in [3.05, 3.63) is 35.9 Å². The second kappa shape index (κ2) is 3.88. The van der Waals surface area contributed by atoms with Crippen LogP contribution < -0.4 is 5.32 Å². The topological polar surface area (TPSA) is 12.0 Å². The molecule has 0 aliphatic carbocycles. The average molecular weight is 191 g/mol. The van der Waals surface area contributed by atoms with E-state index in [-0.39, 0.29) is 0 Å². The first-order chi connectivity index (χ1) is 6.34. The Hall–Kier alpha value is -0.890. The number of hydrogen-bond acceptors (Lipinski definition) is 1. The Morgan fingerprint density at radius 3 is 2.69 bits per heavy atom. The molecular formula is C11H13NS. The van der Waals surface area contributed by atoms with E-state index in [1.165, 1.54) is 12.0 Å². The van der Waals surface area contributed by atoms with Crippen molar-refractivity contribution in [1.29, 1.82) is 0 Å². The van der Waals surface area contributed by atoms with Crippen LogP contribution in [0.5, 0.6) is 0 Å². The molecule has 0 spiro atoms. The van der Waals surface area contributed by atoms with Gasteiger partial charge >= 0.3 is 0 Å². The monoisotopic (exact) mass is 191 g/mol. The summed E-state index contributed by atoms with van der Waals surface area (Å²) in [5.74, 6) is 0. The molecule has 1 aliphatic rings. The molecule has 1 aromatic rings. The van der Waals surface area contributed by atoms with Gasteiger partial charge in [-0.25, -0.2) is 0 Å². The second-order valence-corrected chi connectivity index (χ2v) is 3.99. The second-order valence-electron chi connectivity index (χ2n) is 3.49. The Morgan fingerprint density at radius 2 is 2.08 bits per heavy atom. The van der Waals surface area contributed by atoms with Crippen LogP contribution in [-0.2, 0) is 6.42 Å². The van der Waals surface area contributed by atoms with Crippen LogP contribution in [0.15, 0.2) is 30.3 Å². The summed E-state index contributed by atoms with van der Waals surface area (Å²) in [6.45, 7) is 0. The highest BCUT2D eigenvalue weighted by Crippen LogP contribution is 2.13. The van der Waals surface area contributed by atoms with Gasteiger partial charge in [0.15, 0.2) is 0 Å². The third-order valence-corrected chi connectivity index (χ3v) is 2.73. The summed E-state index contributed by atoms with van der Waals surface area (Å²) < 4.78 is 0. The Kier molecular flexibility index (Phi) is 2.60. The van der Waals surface area contributed by atoms with E-state index in [1.807, 2.05) is 0 Å². The molecule has 68 valence electrons. The van der Waals surface area contributed by atoms with Gasteiger partial charge in [-0.3, -0.25) is 0 Å². The minimum atomic E-state index is 0.565. The molecule has 1 aromatic carbocycles. The summed E-state index contributed by atoms with van der Waals surface area (Å²) in [4.78, 5) is 1.03. The maximum Gasteiger partial charge on any atom is 0.0756 e. The van der Waals surface area contributed by atoms with Gasteiger partial charge in [0.1, 0.15) is 0 Å². The molecule has 0 bridgehead atoms. The molecule has 0 saturated carbocycles. The van der Waals surface area contributed by atoms with E-state index in [0.29, 0.717) is 6.04 Å². The standard InChI is InChI=1S/C11H13NS/c13-11-7-6-10(12-11)8-9-4-2-1-3-5-9/h1-5,10H,6-8H2,(H,12,13). The van der Waals surface area contributed by atoms with Crippen molar-refractivity contribution in [2.24, 2.45) is 0 Å². The lowest BCUT2D eigenvalue weighted by atomic mass is 10.1. The lowest BCUT2D eigenvalue weighted by Gasteiger charge is -2.09. The van der Waals surface area contributed by atoms with E-state index < -0.39 is 0 Å². The molecule has 2 rings (SSSR count). The maximum absolute atomic E-state index is 5.10. The molecule has 1 nitrogen and oxygen atoms in total. The zero-order chi connectivity index (χ0) is 9.10. The van der Waals surface area contributed by atoms with Crippen LogP contribution >= 0.6 is 12.2 Å². The summed E-state index contributed by atoms with van der Waals surface area (Å²) in [5.41, 5.74) is 1.39. The summed E-state index contributed by atoms with van der Waals surface area (Å²) in [7, 11) is 0. The van der Waals surface area contributed by atoms with Crippen molar-refractivity contribution in [2.45, 2.75) is 25.3 Å². The maximum atomic E-state index is 5.10. The molecule has 0 radical (unpaired) electrons. The fourth-order valence-electron chi connectivity index (χ4n) is 1.73. The predicted octanol–water partition coefficient (Wildman–Crippen LogP) is 2.31. The lowest BCUT2D eigenvalue weighted by molar-refractivity contribution is 0.625. The Bertz CT molecular complexity index is 294. The molecule has 0 aromatic heterocycles. The molecule has 13 heavy (non-hydrogen) atoms. The summed E-state index contributed by atoms with van der Waals surface area (Å²) in [6, 6.07) is 11.1. The lowest BCUT2D eigenvalue weighted by Crippen LogP contribution is -2.26. The van der Waals surface area contributed by atoms with E-state index in [4.69, 9.17) is 12.2 Å². The zero-order valence-electron chi connectivity index (χ0n) is 7.49. The third-order valence-electron chi connectivity index (χ3n) is 2.41. The first-order valence-corrected chi connectivity index (χ1v) is 5.09. The zero-order valence-corrected chi connectivity index (χ0v) is 8.31. The van der Waals surface area contributed by atoms with Crippen molar-refractivity contribution in [1.82, 2.24) is 5.32 Å². The van der Waals surface area contributed by atoms with Crippen molar-refractivity contribution in [2.75, 3.05) is 0 Å². The summed E-state index contributed by atoms with van der Waals surface area (Å²) >= 11 is 5.10. The van der Waals surface area contributed by atoms with E-state index in [9.17, 15) is 0 Å². The molecule has 1 N–H and O–H groups in total. The van der Waals surface area contributed by atoms with Crippen LogP contribution in [0.25, 0.3) is 0 Å².